The zero-order chi connectivity index (χ0) is 12.1. The molecule has 0 aromatic heterocycles. The van der Waals surface area contributed by atoms with E-state index in [9.17, 15) is 0 Å². The minimum absolute atomic E-state index is 0.199. The van der Waals surface area contributed by atoms with Crippen molar-refractivity contribution < 1.29 is 9.57 Å². The first-order valence-corrected chi connectivity index (χ1v) is 5.81. The molecule has 1 heterocycles. The van der Waals surface area contributed by atoms with Crippen LogP contribution in [0.25, 0.3) is 0 Å². The van der Waals surface area contributed by atoms with E-state index in [-0.39, 0.29) is 6.10 Å². The summed E-state index contributed by atoms with van der Waals surface area (Å²) in [4.78, 5) is 5.39. The van der Waals surface area contributed by atoms with Crippen molar-refractivity contribution in [3.05, 3.63) is 42.5 Å². The Labute approximate surface area is 102 Å². The maximum Gasteiger partial charge on any atom is 0.133 e. The highest BCUT2D eigenvalue weighted by Crippen LogP contribution is 2.21. The molecule has 0 saturated heterocycles. The van der Waals surface area contributed by atoms with E-state index in [0.29, 0.717) is 0 Å². The van der Waals surface area contributed by atoms with Gasteiger partial charge in [0, 0.05) is 6.42 Å². The van der Waals surface area contributed by atoms with Gasteiger partial charge in [-0.2, -0.15) is 0 Å². The van der Waals surface area contributed by atoms with Gasteiger partial charge in [0.05, 0.1) is 12.8 Å². The van der Waals surface area contributed by atoms with Crippen LogP contribution < -0.4 is 4.74 Å². The van der Waals surface area contributed by atoms with E-state index in [2.05, 4.69) is 11.7 Å². The molecule has 0 radical (unpaired) electrons. The Kier molecular flexibility index (Phi) is 3.81. The molecule has 0 fully saturated rings. The highest BCUT2D eigenvalue weighted by Gasteiger charge is 2.21. The van der Waals surface area contributed by atoms with Gasteiger partial charge in [-0.1, -0.05) is 11.2 Å². The summed E-state index contributed by atoms with van der Waals surface area (Å²) in [7, 11) is 1.66. The lowest BCUT2D eigenvalue weighted by molar-refractivity contribution is 0.0799. The van der Waals surface area contributed by atoms with Crippen LogP contribution in [0.3, 0.4) is 0 Å². The van der Waals surface area contributed by atoms with Gasteiger partial charge in [0.25, 0.3) is 0 Å². The molecule has 1 aliphatic rings. The summed E-state index contributed by atoms with van der Waals surface area (Å²) in [6, 6.07) is 7.90. The normalized spacial score (nSPS) is 18.4. The second-order valence-corrected chi connectivity index (χ2v) is 4.06. The predicted molar refractivity (Wildman–Crippen MR) is 68.5 cm³/mol. The van der Waals surface area contributed by atoms with Gasteiger partial charge in [-0.15, -0.1) is 6.58 Å². The molecule has 3 heteroatoms. The molecule has 0 spiro atoms. The molecule has 0 amide bonds. The summed E-state index contributed by atoms with van der Waals surface area (Å²) < 4.78 is 5.12. The molecule has 17 heavy (non-hydrogen) atoms. The summed E-state index contributed by atoms with van der Waals surface area (Å²) in [5.74, 6) is 0.858. The van der Waals surface area contributed by atoms with Crippen molar-refractivity contribution in [1.29, 1.82) is 0 Å². The number of hydrogen-bond acceptors (Lipinski definition) is 3. The average Bonchev–Trinajstić information content (AvgIpc) is 2.85. The summed E-state index contributed by atoms with van der Waals surface area (Å²) in [5.41, 5.74) is 2.12. The Morgan fingerprint density at radius 2 is 2.24 bits per heavy atom. The van der Waals surface area contributed by atoms with Crippen LogP contribution in [0.15, 0.2) is 42.1 Å². The minimum atomic E-state index is 0.199. The molecule has 0 N–H and O–H groups in total. The predicted octanol–water partition coefficient (Wildman–Crippen LogP) is 3.15. The number of methoxy groups -OCH3 is 1. The Morgan fingerprint density at radius 1 is 1.47 bits per heavy atom. The van der Waals surface area contributed by atoms with E-state index in [0.717, 1.165) is 36.3 Å². The van der Waals surface area contributed by atoms with Gasteiger partial charge in [0.2, 0.25) is 0 Å². The van der Waals surface area contributed by atoms with Crippen molar-refractivity contribution in [3.63, 3.8) is 0 Å². The van der Waals surface area contributed by atoms with E-state index in [1.165, 1.54) is 0 Å². The van der Waals surface area contributed by atoms with Crippen molar-refractivity contribution in [2.45, 2.75) is 25.4 Å². The van der Waals surface area contributed by atoms with Crippen LogP contribution in [-0.4, -0.2) is 18.9 Å². The molecule has 2 rings (SSSR count). The number of rotatable bonds is 5. The molecule has 0 bridgehead atoms. The Morgan fingerprint density at radius 3 is 2.88 bits per heavy atom. The third kappa shape index (κ3) is 2.87. The third-order valence-electron chi connectivity index (χ3n) is 2.85. The van der Waals surface area contributed by atoms with Gasteiger partial charge >= 0.3 is 0 Å². The van der Waals surface area contributed by atoms with Crippen LogP contribution in [0.4, 0.5) is 0 Å². The Bertz CT molecular complexity index is 409. The SMILES string of the molecule is C=CCCC1CC(c2ccc(OC)cc2)=NO1. The molecule has 1 atom stereocenters. The van der Waals surface area contributed by atoms with Gasteiger partial charge in [0.1, 0.15) is 11.9 Å². The van der Waals surface area contributed by atoms with E-state index in [1.807, 2.05) is 30.3 Å². The van der Waals surface area contributed by atoms with Crippen molar-refractivity contribution in [2.75, 3.05) is 7.11 Å². The van der Waals surface area contributed by atoms with Crippen LogP contribution in [-0.2, 0) is 4.84 Å². The van der Waals surface area contributed by atoms with Crippen molar-refractivity contribution >= 4 is 5.71 Å². The smallest absolute Gasteiger partial charge is 0.133 e. The lowest BCUT2D eigenvalue weighted by Crippen LogP contribution is -2.07. The first-order valence-electron chi connectivity index (χ1n) is 5.81. The molecule has 0 saturated carbocycles. The van der Waals surface area contributed by atoms with Gasteiger partial charge < -0.3 is 9.57 Å². The van der Waals surface area contributed by atoms with Crippen LogP contribution in [0, 0.1) is 0 Å². The maximum atomic E-state index is 5.39. The van der Waals surface area contributed by atoms with Crippen LogP contribution in [0.2, 0.25) is 0 Å². The van der Waals surface area contributed by atoms with Crippen molar-refractivity contribution in [2.24, 2.45) is 5.16 Å². The highest BCUT2D eigenvalue weighted by molar-refractivity contribution is 6.01. The quantitative estimate of drug-likeness (QED) is 0.729. The molecule has 3 nitrogen and oxygen atoms in total. The second kappa shape index (κ2) is 5.53. The fraction of sp³-hybridized carbons (Fsp3) is 0.357. The molecule has 1 aromatic rings. The van der Waals surface area contributed by atoms with Gasteiger partial charge in [-0.3, -0.25) is 0 Å². The van der Waals surface area contributed by atoms with E-state index in [4.69, 9.17) is 9.57 Å². The first-order chi connectivity index (χ1) is 8.33. The fourth-order valence-electron chi connectivity index (χ4n) is 1.84. The molecular formula is C14H17NO2. The molecule has 1 aliphatic heterocycles. The molecule has 0 aliphatic carbocycles. The number of nitrogens with zero attached hydrogens (tertiary/aromatic N) is 1. The lowest BCUT2D eigenvalue weighted by Gasteiger charge is -2.05. The molecule has 1 unspecified atom stereocenters. The standard InChI is InChI=1S/C14H17NO2/c1-3-4-5-13-10-14(15-17-13)11-6-8-12(16-2)9-7-11/h3,6-9,13H,1,4-5,10H2,2H3. The number of ether oxygens (including phenoxy) is 1. The van der Waals surface area contributed by atoms with Crippen LogP contribution in [0.5, 0.6) is 5.75 Å². The van der Waals surface area contributed by atoms with Crippen LogP contribution >= 0.6 is 0 Å². The summed E-state index contributed by atoms with van der Waals surface area (Å²) in [6.45, 7) is 3.71. The molecular weight excluding hydrogens is 214 g/mol. The zero-order valence-corrected chi connectivity index (χ0v) is 10.1. The monoisotopic (exact) mass is 231 g/mol. The first kappa shape index (κ1) is 11.7. The van der Waals surface area contributed by atoms with Crippen molar-refractivity contribution in [3.8, 4) is 5.75 Å². The molecule has 1 aromatic carbocycles. The number of benzene rings is 1. The second-order valence-electron chi connectivity index (χ2n) is 4.06. The minimum Gasteiger partial charge on any atom is -0.497 e. The van der Waals surface area contributed by atoms with E-state index in [1.54, 1.807) is 7.11 Å². The maximum absolute atomic E-state index is 5.39. The summed E-state index contributed by atoms with van der Waals surface area (Å²) in [6.07, 6.45) is 4.93. The third-order valence-corrected chi connectivity index (χ3v) is 2.85. The summed E-state index contributed by atoms with van der Waals surface area (Å²) in [5, 5.41) is 4.14. The average molecular weight is 231 g/mol. The fourth-order valence-corrected chi connectivity index (χ4v) is 1.84. The summed E-state index contributed by atoms with van der Waals surface area (Å²) >= 11 is 0. The number of oxime groups is 1. The lowest BCUT2D eigenvalue weighted by atomic mass is 10.0. The number of hydrogen-bond donors (Lipinski definition) is 0. The van der Waals surface area contributed by atoms with Gasteiger partial charge in [-0.25, -0.2) is 0 Å². The van der Waals surface area contributed by atoms with E-state index >= 15 is 0 Å². The van der Waals surface area contributed by atoms with Gasteiger partial charge in [0.15, 0.2) is 0 Å². The zero-order valence-electron chi connectivity index (χ0n) is 10.1. The topological polar surface area (TPSA) is 30.8 Å². The molecule has 90 valence electrons. The Balaban J connectivity index is 1.97. The number of allylic oxidation sites excluding steroid dienone is 1. The Hall–Kier alpha value is -1.77. The highest BCUT2D eigenvalue weighted by atomic mass is 16.6. The van der Waals surface area contributed by atoms with Crippen molar-refractivity contribution in [1.82, 2.24) is 0 Å². The van der Waals surface area contributed by atoms with Crippen LogP contribution in [0.1, 0.15) is 24.8 Å². The largest absolute Gasteiger partial charge is 0.497 e. The van der Waals surface area contributed by atoms with E-state index < -0.39 is 0 Å². The van der Waals surface area contributed by atoms with Gasteiger partial charge in [-0.05, 0) is 42.7 Å².